The Morgan fingerprint density at radius 2 is 1.82 bits per heavy atom. The summed E-state index contributed by atoms with van der Waals surface area (Å²) in [6, 6.07) is -2.12. The maximum Gasteiger partial charge on any atom is 0.326 e. The SMILES string of the molecule is O=C(O)C[C@@H](NC(=O)NC1CC=CC1)C(=O)O. The number of hydrogen-bond acceptors (Lipinski definition) is 3. The first-order valence-corrected chi connectivity index (χ1v) is 5.15. The highest BCUT2D eigenvalue weighted by Crippen LogP contribution is 2.08. The predicted octanol–water partition coefficient (Wildman–Crippen LogP) is -0.0679. The molecule has 7 nitrogen and oxygen atoms in total. The summed E-state index contributed by atoms with van der Waals surface area (Å²) in [5, 5.41) is 21.9. The van der Waals surface area contributed by atoms with Crippen LogP contribution < -0.4 is 10.6 Å². The number of carbonyl (C=O) groups excluding carboxylic acids is 1. The minimum absolute atomic E-state index is 0.0470. The third-order valence-electron chi connectivity index (χ3n) is 2.33. The summed E-state index contributed by atoms with van der Waals surface area (Å²) in [5.74, 6) is -2.65. The summed E-state index contributed by atoms with van der Waals surface area (Å²) in [7, 11) is 0. The molecule has 1 rings (SSSR count). The largest absolute Gasteiger partial charge is 0.481 e. The number of carboxylic acids is 2. The molecule has 7 heteroatoms. The maximum atomic E-state index is 11.4. The number of amides is 2. The maximum absolute atomic E-state index is 11.4. The van der Waals surface area contributed by atoms with E-state index in [2.05, 4.69) is 10.6 Å². The van der Waals surface area contributed by atoms with Gasteiger partial charge in [-0.1, -0.05) is 12.2 Å². The minimum Gasteiger partial charge on any atom is -0.481 e. The van der Waals surface area contributed by atoms with E-state index < -0.39 is 30.4 Å². The second kappa shape index (κ2) is 5.88. The lowest BCUT2D eigenvalue weighted by molar-refractivity contribution is -0.145. The van der Waals surface area contributed by atoms with Crippen LogP contribution in [0.4, 0.5) is 4.79 Å². The van der Waals surface area contributed by atoms with Crippen LogP contribution in [0, 0.1) is 0 Å². The second-order valence-electron chi connectivity index (χ2n) is 3.75. The van der Waals surface area contributed by atoms with Crippen LogP contribution in [0.25, 0.3) is 0 Å². The molecule has 0 aromatic carbocycles. The van der Waals surface area contributed by atoms with Gasteiger partial charge in [0, 0.05) is 6.04 Å². The highest BCUT2D eigenvalue weighted by Gasteiger charge is 2.24. The smallest absolute Gasteiger partial charge is 0.326 e. The van der Waals surface area contributed by atoms with Crippen molar-refractivity contribution in [3.05, 3.63) is 12.2 Å². The molecule has 2 amide bonds. The van der Waals surface area contributed by atoms with E-state index in [9.17, 15) is 14.4 Å². The van der Waals surface area contributed by atoms with Crippen LogP contribution in [0.3, 0.4) is 0 Å². The van der Waals surface area contributed by atoms with Crippen molar-refractivity contribution in [3.63, 3.8) is 0 Å². The number of hydrogen-bond donors (Lipinski definition) is 4. The molecule has 1 atom stereocenters. The van der Waals surface area contributed by atoms with E-state index in [0.29, 0.717) is 12.8 Å². The Morgan fingerprint density at radius 3 is 2.29 bits per heavy atom. The van der Waals surface area contributed by atoms with Gasteiger partial charge in [0.1, 0.15) is 6.04 Å². The van der Waals surface area contributed by atoms with E-state index >= 15 is 0 Å². The van der Waals surface area contributed by atoms with Gasteiger partial charge >= 0.3 is 18.0 Å². The Morgan fingerprint density at radius 1 is 1.24 bits per heavy atom. The van der Waals surface area contributed by atoms with Crippen LogP contribution in [0.2, 0.25) is 0 Å². The fraction of sp³-hybridized carbons (Fsp3) is 0.500. The quantitative estimate of drug-likeness (QED) is 0.504. The molecule has 1 aliphatic carbocycles. The number of carbonyl (C=O) groups is 3. The van der Waals surface area contributed by atoms with Gasteiger partial charge in [0.15, 0.2) is 0 Å². The van der Waals surface area contributed by atoms with E-state index in [1.807, 2.05) is 12.2 Å². The Hall–Kier alpha value is -2.05. The molecular formula is C10H14N2O5. The van der Waals surface area contributed by atoms with Gasteiger partial charge < -0.3 is 20.8 Å². The van der Waals surface area contributed by atoms with E-state index in [0.717, 1.165) is 0 Å². The van der Waals surface area contributed by atoms with Gasteiger partial charge in [0.2, 0.25) is 0 Å². The summed E-state index contributed by atoms with van der Waals surface area (Å²) < 4.78 is 0. The molecule has 94 valence electrons. The topological polar surface area (TPSA) is 116 Å². The molecule has 0 spiro atoms. The molecule has 0 fully saturated rings. The fourth-order valence-electron chi connectivity index (χ4n) is 1.50. The van der Waals surface area contributed by atoms with Gasteiger partial charge in [-0.3, -0.25) is 4.79 Å². The lowest BCUT2D eigenvalue weighted by Crippen LogP contribution is -2.49. The molecule has 1 aliphatic rings. The summed E-state index contributed by atoms with van der Waals surface area (Å²) in [6.45, 7) is 0. The molecule has 0 saturated heterocycles. The first-order valence-electron chi connectivity index (χ1n) is 5.15. The molecule has 0 heterocycles. The molecule has 0 radical (unpaired) electrons. The van der Waals surface area contributed by atoms with Gasteiger partial charge in [-0.25, -0.2) is 9.59 Å². The molecule has 17 heavy (non-hydrogen) atoms. The van der Waals surface area contributed by atoms with E-state index in [1.54, 1.807) is 0 Å². The van der Waals surface area contributed by atoms with Gasteiger partial charge in [-0.2, -0.15) is 0 Å². The fourth-order valence-corrected chi connectivity index (χ4v) is 1.50. The standard InChI is InChI=1S/C10H14N2O5/c13-8(14)5-7(9(15)16)12-10(17)11-6-3-1-2-4-6/h1-2,6-7H,3-5H2,(H,13,14)(H,15,16)(H2,11,12,17)/t7-/m1/s1. The predicted molar refractivity (Wildman–Crippen MR) is 57.5 cm³/mol. The van der Waals surface area contributed by atoms with Crippen LogP contribution in [-0.4, -0.2) is 40.3 Å². The van der Waals surface area contributed by atoms with Crippen LogP contribution in [-0.2, 0) is 9.59 Å². The van der Waals surface area contributed by atoms with E-state index in [-0.39, 0.29) is 6.04 Å². The monoisotopic (exact) mass is 242 g/mol. The Labute approximate surface area is 97.5 Å². The molecule has 0 aromatic rings. The van der Waals surface area contributed by atoms with Crippen molar-refractivity contribution in [3.8, 4) is 0 Å². The van der Waals surface area contributed by atoms with Gasteiger partial charge in [-0.05, 0) is 12.8 Å². The normalized spacial score (nSPS) is 16.5. The Bertz CT molecular complexity index is 345. The molecule has 0 aliphatic heterocycles. The van der Waals surface area contributed by atoms with Crippen LogP contribution in [0.15, 0.2) is 12.2 Å². The van der Waals surface area contributed by atoms with Gasteiger partial charge in [0.05, 0.1) is 6.42 Å². The number of rotatable bonds is 5. The third kappa shape index (κ3) is 4.54. The van der Waals surface area contributed by atoms with Crippen molar-refractivity contribution in [2.75, 3.05) is 0 Å². The number of aliphatic carboxylic acids is 2. The zero-order valence-corrected chi connectivity index (χ0v) is 9.05. The first-order chi connectivity index (χ1) is 7.99. The number of carboxylic acid groups (broad SMARTS) is 2. The average molecular weight is 242 g/mol. The highest BCUT2D eigenvalue weighted by molar-refractivity contribution is 5.86. The van der Waals surface area contributed by atoms with Gasteiger partial charge in [0.25, 0.3) is 0 Å². The second-order valence-corrected chi connectivity index (χ2v) is 3.75. The Balaban J connectivity index is 2.40. The first kappa shape index (κ1) is 13.0. The van der Waals surface area contributed by atoms with Crippen molar-refractivity contribution < 1.29 is 24.6 Å². The van der Waals surface area contributed by atoms with E-state index in [4.69, 9.17) is 10.2 Å². The summed E-state index contributed by atoms with van der Waals surface area (Å²) >= 11 is 0. The van der Waals surface area contributed by atoms with Crippen molar-refractivity contribution in [2.24, 2.45) is 0 Å². The highest BCUT2D eigenvalue weighted by atomic mass is 16.4. The van der Waals surface area contributed by atoms with Crippen LogP contribution in [0.5, 0.6) is 0 Å². The molecule has 0 bridgehead atoms. The van der Waals surface area contributed by atoms with Crippen LogP contribution >= 0.6 is 0 Å². The number of nitrogens with one attached hydrogen (secondary N) is 2. The number of urea groups is 1. The third-order valence-corrected chi connectivity index (χ3v) is 2.33. The van der Waals surface area contributed by atoms with Crippen molar-refractivity contribution in [1.82, 2.24) is 10.6 Å². The van der Waals surface area contributed by atoms with Gasteiger partial charge in [-0.15, -0.1) is 0 Å². The van der Waals surface area contributed by atoms with Crippen LogP contribution in [0.1, 0.15) is 19.3 Å². The Kier molecular flexibility index (Phi) is 4.50. The van der Waals surface area contributed by atoms with Crippen molar-refractivity contribution in [1.29, 1.82) is 0 Å². The summed E-state index contributed by atoms with van der Waals surface area (Å²) in [5.41, 5.74) is 0. The average Bonchev–Trinajstić information content (AvgIpc) is 2.68. The zero-order valence-electron chi connectivity index (χ0n) is 9.05. The van der Waals surface area contributed by atoms with Crippen molar-refractivity contribution >= 4 is 18.0 Å². The lowest BCUT2D eigenvalue weighted by atomic mass is 10.2. The molecule has 4 N–H and O–H groups in total. The molecule has 0 unspecified atom stereocenters. The lowest BCUT2D eigenvalue weighted by Gasteiger charge is -2.16. The van der Waals surface area contributed by atoms with Crippen molar-refractivity contribution in [2.45, 2.75) is 31.3 Å². The molecular weight excluding hydrogens is 228 g/mol. The molecule has 0 saturated carbocycles. The summed E-state index contributed by atoms with van der Waals surface area (Å²) in [6.07, 6.45) is 4.58. The summed E-state index contributed by atoms with van der Waals surface area (Å²) in [4.78, 5) is 32.5. The minimum atomic E-state index is -1.41. The zero-order chi connectivity index (χ0) is 12.8. The van der Waals surface area contributed by atoms with E-state index in [1.165, 1.54) is 0 Å². The molecule has 0 aromatic heterocycles.